The summed E-state index contributed by atoms with van der Waals surface area (Å²) >= 11 is 0. The Morgan fingerprint density at radius 3 is 2.67 bits per heavy atom. The van der Waals surface area contributed by atoms with Crippen molar-refractivity contribution in [3.05, 3.63) is 17.0 Å². The molecule has 1 saturated carbocycles. The number of rotatable bonds is 7. The summed E-state index contributed by atoms with van der Waals surface area (Å²) in [6.45, 7) is 9.83. The van der Waals surface area contributed by atoms with Gasteiger partial charge >= 0.3 is 0 Å². The van der Waals surface area contributed by atoms with Crippen molar-refractivity contribution in [1.29, 1.82) is 0 Å². The molecule has 0 bridgehead atoms. The van der Waals surface area contributed by atoms with Gasteiger partial charge in [-0.2, -0.15) is 5.10 Å². The van der Waals surface area contributed by atoms with Crippen LogP contribution in [-0.4, -0.2) is 28.3 Å². The molecule has 1 aromatic heterocycles. The van der Waals surface area contributed by atoms with Crippen LogP contribution in [0.4, 0.5) is 0 Å². The van der Waals surface area contributed by atoms with Gasteiger partial charge < -0.3 is 11.1 Å². The van der Waals surface area contributed by atoms with E-state index >= 15 is 0 Å². The zero-order chi connectivity index (χ0) is 15.6. The van der Waals surface area contributed by atoms with E-state index in [9.17, 15) is 4.79 Å². The minimum Gasteiger partial charge on any atom is -0.354 e. The van der Waals surface area contributed by atoms with Crippen molar-refractivity contribution in [2.45, 2.75) is 59.5 Å². The summed E-state index contributed by atoms with van der Waals surface area (Å²) in [5.41, 5.74) is 9.11. The first-order valence-electron chi connectivity index (χ1n) is 7.93. The molecule has 1 amide bonds. The molecule has 1 unspecified atom stereocenters. The molecular formula is C16H28N4O. The Morgan fingerprint density at radius 1 is 1.43 bits per heavy atom. The lowest BCUT2D eigenvalue weighted by Gasteiger charge is -2.12. The maximum atomic E-state index is 12.1. The van der Waals surface area contributed by atoms with Crippen LogP contribution < -0.4 is 11.1 Å². The van der Waals surface area contributed by atoms with E-state index in [1.165, 1.54) is 12.8 Å². The number of carbonyl (C=O) groups is 1. The number of nitrogens with two attached hydrogens (primary N) is 1. The second-order valence-electron chi connectivity index (χ2n) is 6.71. The lowest BCUT2D eigenvalue weighted by molar-refractivity contribution is -0.120. The van der Waals surface area contributed by atoms with E-state index in [1.54, 1.807) is 0 Å². The van der Waals surface area contributed by atoms with Crippen LogP contribution in [0.2, 0.25) is 0 Å². The lowest BCUT2D eigenvalue weighted by Crippen LogP contribution is -2.39. The third kappa shape index (κ3) is 4.30. The normalized spacial score (nSPS) is 16.3. The van der Waals surface area contributed by atoms with Crippen molar-refractivity contribution in [2.24, 2.45) is 17.6 Å². The van der Waals surface area contributed by atoms with Crippen LogP contribution in [0.25, 0.3) is 0 Å². The first-order chi connectivity index (χ1) is 9.88. The standard InChI is InChI=1S/C16H28N4O/c1-10(2)9-20-12(4)14(11(3)19-20)7-16(21)18-8-15(17)13-5-6-13/h10,13,15H,5-9,17H2,1-4H3,(H,18,21). The van der Waals surface area contributed by atoms with Crippen LogP contribution in [0.1, 0.15) is 43.6 Å². The number of amides is 1. The molecule has 5 nitrogen and oxygen atoms in total. The average molecular weight is 292 g/mol. The van der Waals surface area contributed by atoms with Gasteiger partial charge in [-0.1, -0.05) is 13.8 Å². The molecule has 0 saturated heterocycles. The minimum absolute atomic E-state index is 0.0430. The molecule has 2 rings (SSSR count). The van der Waals surface area contributed by atoms with Crippen LogP contribution in [0.3, 0.4) is 0 Å². The molecule has 0 aliphatic heterocycles. The number of aryl methyl sites for hydroxylation is 1. The van der Waals surface area contributed by atoms with Crippen molar-refractivity contribution >= 4 is 5.91 Å². The van der Waals surface area contributed by atoms with E-state index in [0.717, 1.165) is 23.5 Å². The zero-order valence-electron chi connectivity index (χ0n) is 13.6. The predicted molar refractivity (Wildman–Crippen MR) is 84.0 cm³/mol. The second-order valence-corrected chi connectivity index (χ2v) is 6.71. The Bertz CT molecular complexity index is 503. The largest absolute Gasteiger partial charge is 0.354 e. The number of aromatic nitrogens is 2. The Balaban J connectivity index is 1.91. The molecular weight excluding hydrogens is 264 g/mol. The summed E-state index contributed by atoms with van der Waals surface area (Å²) in [5.74, 6) is 1.20. The van der Waals surface area contributed by atoms with Gasteiger partial charge in [0.1, 0.15) is 0 Å². The van der Waals surface area contributed by atoms with E-state index in [4.69, 9.17) is 5.73 Å². The van der Waals surface area contributed by atoms with Crippen molar-refractivity contribution in [1.82, 2.24) is 15.1 Å². The lowest BCUT2D eigenvalue weighted by atomic mass is 10.1. The van der Waals surface area contributed by atoms with Crippen LogP contribution in [0.15, 0.2) is 0 Å². The first-order valence-corrected chi connectivity index (χ1v) is 7.93. The average Bonchev–Trinajstić information content (AvgIpc) is 3.20. The summed E-state index contributed by atoms with van der Waals surface area (Å²) in [4.78, 5) is 12.1. The van der Waals surface area contributed by atoms with Crippen molar-refractivity contribution in [3.63, 3.8) is 0 Å². The molecule has 118 valence electrons. The summed E-state index contributed by atoms with van der Waals surface area (Å²) in [5, 5.41) is 7.50. The quantitative estimate of drug-likeness (QED) is 0.801. The van der Waals surface area contributed by atoms with Gasteiger partial charge in [0.05, 0.1) is 12.1 Å². The zero-order valence-corrected chi connectivity index (χ0v) is 13.6. The molecule has 0 spiro atoms. The fourth-order valence-corrected chi connectivity index (χ4v) is 2.66. The molecule has 3 N–H and O–H groups in total. The topological polar surface area (TPSA) is 72.9 Å². The maximum absolute atomic E-state index is 12.1. The Labute approximate surface area is 127 Å². The summed E-state index contributed by atoms with van der Waals surface area (Å²) in [7, 11) is 0. The van der Waals surface area contributed by atoms with Gasteiger partial charge in [-0.25, -0.2) is 0 Å². The number of carbonyl (C=O) groups excluding carboxylic acids is 1. The van der Waals surface area contributed by atoms with Gasteiger partial charge in [0.15, 0.2) is 0 Å². The Kier molecular flexibility index (Phi) is 5.04. The highest BCUT2D eigenvalue weighted by Gasteiger charge is 2.28. The van der Waals surface area contributed by atoms with Crippen LogP contribution in [0, 0.1) is 25.7 Å². The van der Waals surface area contributed by atoms with Gasteiger partial charge in [0.25, 0.3) is 0 Å². The third-order valence-electron chi connectivity index (χ3n) is 4.17. The third-order valence-corrected chi connectivity index (χ3v) is 4.17. The minimum atomic E-state index is 0.0430. The molecule has 5 heteroatoms. The van der Waals surface area contributed by atoms with E-state index < -0.39 is 0 Å². The highest BCUT2D eigenvalue weighted by molar-refractivity contribution is 5.79. The van der Waals surface area contributed by atoms with E-state index in [-0.39, 0.29) is 11.9 Å². The summed E-state index contributed by atoms with van der Waals surface area (Å²) < 4.78 is 2.01. The van der Waals surface area contributed by atoms with Gasteiger partial charge in [-0.3, -0.25) is 9.48 Å². The predicted octanol–water partition coefficient (Wildman–Crippen LogP) is 1.55. The number of nitrogens with one attached hydrogen (secondary N) is 1. The Morgan fingerprint density at radius 2 is 2.10 bits per heavy atom. The SMILES string of the molecule is Cc1nn(CC(C)C)c(C)c1CC(=O)NCC(N)C1CC1. The smallest absolute Gasteiger partial charge is 0.224 e. The van der Waals surface area contributed by atoms with E-state index in [0.29, 0.717) is 24.8 Å². The second kappa shape index (κ2) is 6.60. The van der Waals surface area contributed by atoms with Crippen molar-refractivity contribution in [3.8, 4) is 0 Å². The monoisotopic (exact) mass is 292 g/mol. The number of hydrogen-bond acceptors (Lipinski definition) is 3. The molecule has 0 radical (unpaired) electrons. The molecule has 1 heterocycles. The molecule has 21 heavy (non-hydrogen) atoms. The molecule has 1 atom stereocenters. The van der Waals surface area contributed by atoms with E-state index in [1.807, 2.05) is 18.5 Å². The van der Waals surface area contributed by atoms with Crippen molar-refractivity contribution < 1.29 is 4.79 Å². The van der Waals surface area contributed by atoms with Crippen LogP contribution in [0.5, 0.6) is 0 Å². The summed E-state index contributed by atoms with van der Waals surface area (Å²) in [6, 6.07) is 0.111. The van der Waals surface area contributed by atoms with E-state index in [2.05, 4.69) is 24.3 Å². The van der Waals surface area contributed by atoms with Gasteiger partial charge in [0.2, 0.25) is 5.91 Å². The molecule has 1 aromatic rings. The number of hydrogen-bond donors (Lipinski definition) is 2. The summed E-state index contributed by atoms with van der Waals surface area (Å²) in [6.07, 6.45) is 2.81. The number of nitrogens with zero attached hydrogens (tertiary/aromatic N) is 2. The molecule has 1 aliphatic rings. The highest BCUT2D eigenvalue weighted by atomic mass is 16.1. The van der Waals surface area contributed by atoms with Gasteiger partial charge in [0, 0.05) is 30.4 Å². The van der Waals surface area contributed by atoms with Gasteiger partial charge in [-0.05, 0) is 38.5 Å². The molecule has 1 aliphatic carbocycles. The fourth-order valence-electron chi connectivity index (χ4n) is 2.66. The van der Waals surface area contributed by atoms with Gasteiger partial charge in [-0.15, -0.1) is 0 Å². The fraction of sp³-hybridized carbons (Fsp3) is 0.750. The van der Waals surface area contributed by atoms with Crippen molar-refractivity contribution in [2.75, 3.05) is 6.54 Å². The maximum Gasteiger partial charge on any atom is 0.224 e. The van der Waals surface area contributed by atoms with Crippen LogP contribution in [-0.2, 0) is 17.8 Å². The molecule has 0 aromatic carbocycles. The first kappa shape index (κ1) is 16.0. The Hall–Kier alpha value is -1.36. The highest BCUT2D eigenvalue weighted by Crippen LogP contribution is 2.31. The molecule has 1 fully saturated rings. The van der Waals surface area contributed by atoms with Crippen LogP contribution >= 0.6 is 0 Å².